The van der Waals surface area contributed by atoms with Gasteiger partial charge >= 0.3 is 11.9 Å². The standard InChI is InChI=1S/C32H46O10/c1-25(36-20-28(4)41-24-42-30-15-9-6-10-16-30)21-38-31(33)17-11-12-18-35-23-40-27(3)19-37-26(2)22-39-32(34)29-13-7-5-8-14-29/h5-10,13-16,25-28H,11-12,17-24H2,1-4H3. The Labute approximate surface area is 249 Å². The fourth-order valence-electron chi connectivity index (χ4n) is 3.36. The van der Waals surface area contributed by atoms with Gasteiger partial charge in [-0.3, -0.25) is 4.79 Å². The molecule has 10 heteroatoms. The van der Waals surface area contributed by atoms with E-state index in [1.165, 1.54) is 0 Å². The third kappa shape index (κ3) is 17.1. The first-order valence-electron chi connectivity index (χ1n) is 14.4. The summed E-state index contributed by atoms with van der Waals surface area (Å²) in [5.41, 5.74) is 0.508. The highest BCUT2D eigenvalue weighted by Gasteiger charge is 2.13. The average Bonchev–Trinajstić information content (AvgIpc) is 3.01. The Kier molecular flexibility index (Phi) is 18.1. The van der Waals surface area contributed by atoms with Crippen LogP contribution in [0.4, 0.5) is 0 Å². The van der Waals surface area contributed by atoms with Crippen LogP contribution in [0.5, 0.6) is 5.75 Å². The molecule has 0 fully saturated rings. The Morgan fingerprint density at radius 1 is 0.619 bits per heavy atom. The van der Waals surface area contributed by atoms with Gasteiger partial charge in [-0.15, -0.1) is 0 Å². The molecule has 0 aromatic heterocycles. The van der Waals surface area contributed by atoms with Crippen molar-refractivity contribution < 1.29 is 47.5 Å². The first kappa shape index (κ1) is 35.2. The van der Waals surface area contributed by atoms with Crippen molar-refractivity contribution in [3.8, 4) is 5.75 Å². The zero-order valence-electron chi connectivity index (χ0n) is 25.2. The van der Waals surface area contributed by atoms with E-state index in [0.29, 0.717) is 44.6 Å². The van der Waals surface area contributed by atoms with Gasteiger partial charge in [-0.2, -0.15) is 0 Å². The molecule has 42 heavy (non-hydrogen) atoms. The number of hydrogen-bond acceptors (Lipinski definition) is 10. The van der Waals surface area contributed by atoms with Crippen LogP contribution in [0.3, 0.4) is 0 Å². The van der Waals surface area contributed by atoms with Crippen LogP contribution in [0.15, 0.2) is 60.7 Å². The minimum Gasteiger partial charge on any atom is -0.468 e. The first-order chi connectivity index (χ1) is 20.3. The lowest BCUT2D eigenvalue weighted by Crippen LogP contribution is -2.25. The van der Waals surface area contributed by atoms with E-state index in [-0.39, 0.29) is 63.2 Å². The number of unbranched alkanes of at least 4 members (excludes halogenated alkanes) is 1. The van der Waals surface area contributed by atoms with Crippen molar-refractivity contribution in [2.45, 2.75) is 71.4 Å². The molecule has 0 aliphatic rings. The summed E-state index contributed by atoms with van der Waals surface area (Å²) in [5.74, 6) is 0.101. The maximum absolute atomic E-state index is 12.0. The number of carbonyl (C=O) groups excluding carboxylic acids is 2. The third-order valence-corrected chi connectivity index (χ3v) is 5.85. The van der Waals surface area contributed by atoms with Gasteiger partial charge in [0.2, 0.25) is 0 Å². The molecule has 4 unspecified atom stereocenters. The molecule has 0 radical (unpaired) electrons. The smallest absolute Gasteiger partial charge is 0.338 e. The van der Waals surface area contributed by atoms with E-state index in [1.807, 2.05) is 64.1 Å². The van der Waals surface area contributed by atoms with E-state index in [1.54, 1.807) is 24.3 Å². The van der Waals surface area contributed by atoms with Crippen LogP contribution < -0.4 is 4.74 Å². The van der Waals surface area contributed by atoms with E-state index in [0.717, 1.165) is 5.75 Å². The van der Waals surface area contributed by atoms with E-state index >= 15 is 0 Å². The number of rotatable bonds is 23. The van der Waals surface area contributed by atoms with Gasteiger partial charge in [0.05, 0.1) is 43.2 Å². The molecule has 4 atom stereocenters. The van der Waals surface area contributed by atoms with Crippen LogP contribution in [0.2, 0.25) is 0 Å². The minimum absolute atomic E-state index is 0.127. The Hall–Kier alpha value is -3.02. The molecule has 0 amide bonds. The zero-order valence-corrected chi connectivity index (χ0v) is 25.2. The molecule has 2 aromatic carbocycles. The third-order valence-electron chi connectivity index (χ3n) is 5.85. The van der Waals surface area contributed by atoms with Crippen molar-refractivity contribution in [3.05, 3.63) is 66.2 Å². The number of carbonyl (C=O) groups is 2. The predicted molar refractivity (Wildman–Crippen MR) is 156 cm³/mol. The van der Waals surface area contributed by atoms with Crippen molar-refractivity contribution in [3.63, 3.8) is 0 Å². The normalized spacial score (nSPS) is 14.0. The Balaban J connectivity index is 1.38. The molecule has 0 N–H and O–H groups in total. The van der Waals surface area contributed by atoms with Crippen molar-refractivity contribution in [2.24, 2.45) is 0 Å². The highest BCUT2D eigenvalue weighted by atomic mass is 16.7. The lowest BCUT2D eigenvalue weighted by molar-refractivity contribution is -0.149. The van der Waals surface area contributed by atoms with Gasteiger partial charge in [0, 0.05) is 13.0 Å². The van der Waals surface area contributed by atoms with Gasteiger partial charge < -0.3 is 37.9 Å². The van der Waals surface area contributed by atoms with Crippen LogP contribution in [0.25, 0.3) is 0 Å². The van der Waals surface area contributed by atoms with Crippen molar-refractivity contribution in [2.75, 3.05) is 46.6 Å². The van der Waals surface area contributed by atoms with Crippen molar-refractivity contribution in [1.29, 1.82) is 0 Å². The number of hydrogen-bond donors (Lipinski definition) is 0. The second-order valence-corrected chi connectivity index (χ2v) is 9.95. The molecule has 0 heterocycles. The molecule has 2 aromatic rings. The van der Waals surface area contributed by atoms with Crippen LogP contribution in [-0.2, 0) is 38.0 Å². The Bertz CT molecular complexity index is 972. The number of esters is 2. The fourth-order valence-corrected chi connectivity index (χ4v) is 3.36. The predicted octanol–water partition coefficient (Wildman–Crippen LogP) is 5.19. The molecule has 10 nitrogen and oxygen atoms in total. The fraction of sp³-hybridized carbons (Fsp3) is 0.562. The average molecular weight is 591 g/mol. The highest BCUT2D eigenvalue weighted by Crippen LogP contribution is 2.09. The van der Waals surface area contributed by atoms with Crippen molar-refractivity contribution in [1.82, 2.24) is 0 Å². The topological polar surface area (TPSA) is 108 Å². The molecular weight excluding hydrogens is 544 g/mol. The molecule has 0 spiro atoms. The second-order valence-electron chi connectivity index (χ2n) is 9.95. The van der Waals surface area contributed by atoms with E-state index in [4.69, 9.17) is 37.9 Å². The van der Waals surface area contributed by atoms with Gasteiger partial charge in [-0.05, 0) is 64.8 Å². The first-order valence-corrected chi connectivity index (χ1v) is 14.4. The van der Waals surface area contributed by atoms with Gasteiger partial charge in [0.1, 0.15) is 25.8 Å². The van der Waals surface area contributed by atoms with Gasteiger partial charge in [-0.25, -0.2) is 4.79 Å². The number of para-hydroxylation sites is 1. The summed E-state index contributed by atoms with van der Waals surface area (Å²) in [6.45, 7) is 9.24. The van der Waals surface area contributed by atoms with Gasteiger partial charge in [0.25, 0.3) is 0 Å². The molecule has 0 saturated carbocycles. The Morgan fingerprint density at radius 3 is 1.81 bits per heavy atom. The quantitative estimate of drug-likeness (QED) is 0.0975. The number of ether oxygens (including phenoxy) is 8. The Morgan fingerprint density at radius 2 is 1.17 bits per heavy atom. The second kappa shape index (κ2) is 21.6. The van der Waals surface area contributed by atoms with E-state index in [9.17, 15) is 9.59 Å². The number of benzene rings is 2. The molecule has 0 aliphatic heterocycles. The van der Waals surface area contributed by atoms with Gasteiger partial charge in [0.15, 0.2) is 6.79 Å². The molecule has 0 bridgehead atoms. The summed E-state index contributed by atoms with van der Waals surface area (Å²) < 4.78 is 44.1. The lowest BCUT2D eigenvalue weighted by Gasteiger charge is -2.18. The SMILES string of the molecule is CC(COC(=O)CCCCOCOC(C)COC(C)COC(=O)c1ccccc1)OCC(C)OCOc1ccccc1. The minimum atomic E-state index is -0.377. The zero-order chi connectivity index (χ0) is 30.4. The summed E-state index contributed by atoms with van der Waals surface area (Å²) in [4.78, 5) is 24.0. The monoisotopic (exact) mass is 590 g/mol. The van der Waals surface area contributed by atoms with Crippen LogP contribution in [-0.4, -0.2) is 83.0 Å². The summed E-state index contributed by atoms with van der Waals surface area (Å²) in [6, 6.07) is 18.3. The summed E-state index contributed by atoms with van der Waals surface area (Å²) >= 11 is 0. The van der Waals surface area contributed by atoms with E-state index < -0.39 is 0 Å². The largest absolute Gasteiger partial charge is 0.468 e. The highest BCUT2D eigenvalue weighted by molar-refractivity contribution is 5.89. The van der Waals surface area contributed by atoms with Crippen LogP contribution in [0, 0.1) is 0 Å². The molecule has 0 aliphatic carbocycles. The maximum Gasteiger partial charge on any atom is 0.338 e. The summed E-state index contributed by atoms with van der Waals surface area (Å²) in [6.07, 6.45) is 0.817. The lowest BCUT2D eigenvalue weighted by atomic mass is 10.2. The van der Waals surface area contributed by atoms with Crippen LogP contribution >= 0.6 is 0 Å². The summed E-state index contributed by atoms with van der Waals surface area (Å²) in [7, 11) is 0. The van der Waals surface area contributed by atoms with Crippen LogP contribution in [0.1, 0.15) is 57.3 Å². The van der Waals surface area contributed by atoms with E-state index in [2.05, 4.69) is 0 Å². The maximum atomic E-state index is 12.0. The summed E-state index contributed by atoms with van der Waals surface area (Å²) in [5, 5.41) is 0. The molecule has 2 rings (SSSR count). The molecule has 0 saturated heterocycles. The van der Waals surface area contributed by atoms with Crippen molar-refractivity contribution >= 4 is 11.9 Å². The molecular formula is C32H46O10. The molecule has 234 valence electrons. The van der Waals surface area contributed by atoms with Gasteiger partial charge in [-0.1, -0.05) is 36.4 Å².